The fourth-order valence-corrected chi connectivity index (χ4v) is 4.49. The van der Waals surface area contributed by atoms with Crippen LogP contribution in [0.4, 0.5) is 0 Å². The Kier molecular flexibility index (Phi) is 3.03. The quantitative estimate of drug-likeness (QED) is 0.825. The lowest BCUT2D eigenvalue weighted by Crippen LogP contribution is -2.34. The van der Waals surface area contributed by atoms with E-state index in [-0.39, 0.29) is 0 Å². The molecule has 0 aliphatic heterocycles. The number of rotatable bonds is 5. The minimum Gasteiger partial charge on any atom is -0.314 e. The molecule has 1 nitrogen and oxygen atoms in total. The standard InChI is InChI=1S/C14H21NS/c1-2-15-13(9-10-5-4-8-16-10)14-11-6-3-7-12(11)14/h4-5,8,11-15H,2-3,6-7,9H2,1H3. The zero-order valence-electron chi connectivity index (χ0n) is 9.99. The van der Waals surface area contributed by atoms with Gasteiger partial charge in [-0.1, -0.05) is 19.4 Å². The first-order valence-corrected chi connectivity index (χ1v) is 7.54. The summed E-state index contributed by atoms with van der Waals surface area (Å²) in [5.74, 6) is 3.14. The van der Waals surface area contributed by atoms with Crippen molar-refractivity contribution in [1.29, 1.82) is 0 Å². The van der Waals surface area contributed by atoms with Gasteiger partial charge in [0.05, 0.1) is 0 Å². The van der Waals surface area contributed by atoms with Gasteiger partial charge < -0.3 is 5.32 Å². The van der Waals surface area contributed by atoms with Crippen LogP contribution in [-0.2, 0) is 6.42 Å². The van der Waals surface area contributed by atoms with Gasteiger partial charge in [-0.3, -0.25) is 0 Å². The topological polar surface area (TPSA) is 12.0 Å². The molecule has 2 saturated carbocycles. The van der Waals surface area contributed by atoms with Crippen LogP contribution in [0.15, 0.2) is 17.5 Å². The van der Waals surface area contributed by atoms with Crippen molar-refractivity contribution in [3.8, 4) is 0 Å². The van der Waals surface area contributed by atoms with Crippen molar-refractivity contribution in [1.82, 2.24) is 5.32 Å². The summed E-state index contributed by atoms with van der Waals surface area (Å²) in [5, 5.41) is 5.92. The Morgan fingerprint density at radius 2 is 2.25 bits per heavy atom. The largest absolute Gasteiger partial charge is 0.314 e. The van der Waals surface area contributed by atoms with Gasteiger partial charge in [0.1, 0.15) is 0 Å². The van der Waals surface area contributed by atoms with Gasteiger partial charge in [-0.2, -0.15) is 0 Å². The van der Waals surface area contributed by atoms with Gasteiger partial charge in [-0.15, -0.1) is 11.3 Å². The van der Waals surface area contributed by atoms with E-state index in [1.54, 1.807) is 4.88 Å². The van der Waals surface area contributed by atoms with Crippen molar-refractivity contribution in [3.05, 3.63) is 22.4 Å². The number of hydrogen-bond acceptors (Lipinski definition) is 2. The molecule has 0 aromatic carbocycles. The summed E-state index contributed by atoms with van der Waals surface area (Å²) in [6, 6.07) is 5.21. The second-order valence-corrected chi connectivity index (χ2v) is 6.32. The van der Waals surface area contributed by atoms with Gasteiger partial charge in [0.25, 0.3) is 0 Å². The first-order chi connectivity index (χ1) is 7.90. The lowest BCUT2D eigenvalue weighted by atomic mass is 10.0. The third-order valence-electron chi connectivity index (χ3n) is 4.40. The first kappa shape index (κ1) is 10.8. The van der Waals surface area contributed by atoms with Crippen LogP contribution in [0.2, 0.25) is 0 Å². The molecule has 0 radical (unpaired) electrons. The molecule has 2 aliphatic rings. The maximum atomic E-state index is 3.72. The average Bonchev–Trinajstić information content (AvgIpc) is 2.76. The molecule has 1 aromatic rings. The van der Waals surface area contributed by atoms with Crippen LogP contribution in [0.25, 0.3) is 0 Å². The Hall–Kier alpha value is -0.340. The molecule has 2 heteroatoms. The van der Waals surface area contributed by atoms with Gasteiger partial charge >= 0.3 is 0 Å². The monoisotopic (exact) mass is 235 g/mol. The van der Waals surface area contributed by atoms with Gasteiger partial charge in [0.2, 0.25) is 0 Å². The van der Waals surface area contributed by atoms with Crippen LogP contribution >= 0.6 is 11.3 Å². The van der Waals surface area contributed by atoms with E-state index in [0.29, 0.717) is 0 Å². The maximum Gasteiger partial charge on any atom is 0.0149 e. The van der Waals surface area contributed by atoms with Crippen molar-refractivity contribution >= 4 is 11.3 Å². The molecule has 0 bridgehead atoms. The molecule has 1 heterocycles. The predicted octanol–water partition coefficient (Wildman–Crippen LogP) is 3.31. The number of nitrogens with one attached hydrogen (secondary N) is 1. The van der Waals surface area contributed by atoms with Gasteiger partial charge in [0, 0.05) is 10.9 Å². The zero-order chi connectivity index (χ0) is 11.0. The van der Waals surface area contributed by atoms with Crippen LogP contribution in [-0.4, -0.2) is 12.6 Å². The average molecular weight is 235 g/mol. The van der Waals surface area contributed by atoms with E-state index in [9.17, 15) is 0 Å². The molecule has 1 aromatic heterocycles. The molecule has 0 saturated heterocycles. The highest BCUT2D eigenvalue weighted by Crippen LogP contribution is 2.59. The molecule has 3 unspecified atom stereocenters. The highest BCUT2D eigenvalue weighted by atomic mass is 32.1. The van der Waals surface area contributed by atoms with E-state index >= 15 is 0 Å². The van der Waals surface area contributed by atoms with E-state index in [4.69, 9.17) is 0 Å². The number of likely N-dealkylation sites (N-methyl/N-ethyl adjacent to an activating group) is 1. The summed E-state index contributed by atoms with van der Waals surface area (Å²) in [6.45, 7) is 3.35. The SMILES string of the molecule is CCNC(Cc1cccs1)C1C2CCCC21. The second-order valence-electron chi connectivity index (χ2n) is 5.28. The lowest BCUT2D eigenvalue weighted by Gasteiger charge is -2.19. The van der Waals surface area contributed by atoms with E-state index < -0.39 is 0 Å². The Morgan fingerprint density at radius 1 is 1.44 bits per heavy atom. The number of thiophene rings is 1. The maximum absolute atomic E-state index is 3.72. The van der Waals surface area contributed by atoms with Crippen molar-refractivity contribution in [3.63, 3.8) is 0 Å². The van der Waals surface area contributed by atoms with E-state index in [0.717, 1.165) is 30.3 Å². The molecule has 3 atom stereocenters. The van der Waals surface area contributed by atoms with Crippen molar-refractivity contribution in [2.45, 2.75) is 38.6 Å². The smallest absolute Gasteiger partial charge is 0.0149 e. The van der Waals surface area contributed by atoms with Crippen LogP contribution in [0.3, 0.4) is 0 Å². The summed E-state index contributed by atoms with van der Waals surface area (Å²) >= 11 is 1.91. The summed E-state index contributed by atoms with van der Waals surface area (Å²) in [4.78, 5) is 1.55. The predicted molar refractivity (Wildman–Crippen MR) is 69.8 cm³/mol. The normalized spacial score (nSPS) is 33.7. The fourth-order valence-electron chi connectivity index (χ4n) is 3.73. The Balaban J connectivity index is 1.63. The Labute approximate surface area is 102 Å². The van der Waals surface area contributed by atoms with Crippen LogP contribution in [0.5, 0.6) is 0 Å². The van der Waals surface area contributed by atoms with E-state index in [1.807, 2.05) is 11.3 Å². The highest BCUT2D eigenvalue weighted by molar-refractivity contribution is 7.09. The first-order valence-electron chi connectivity index (χ1n) is 6.66. The molecule has 1 N–H and O–H groups in total. The van der Waals surface area contributed by atoms with E-state index in [2.05, 4.69) is 29.8 Å². The minimum absolute atomic E-state index is 0.749. The van der Waals surface area contributed by atoms with Crippen molar-refractivity contribution in [2.24, 2.45) is 17.8 Å². The minimum atomic E-state index is 0.749. The number of hydrogen-bond donors (Lipinski definition) is 1. The fraction of sp³-hybridized carbons (Fsp3) is 0.714. The van der Waals surface area contributed by atoms with Gasteiger partial charge in [-0.25, -0.2) is 0 Å². The Morgan fingerprint density at radius 3 is 2.88 bits per heavy atom. The van der Waals surface area contributed by atoms with E-state index in [1.165, 1.54) is 25.7 Å². The third kappa shape index (κ3) is 1.93. The zero-order valence-corrected chi connectivity index (χ0v) is 10.8. The van der Waals surface area contributed by atoms with Crippen LogP contribution in [0, 0.1) is 17.8 Å². The summed E-state index contributed by atoms with van der Waals surface area (Å²) < 4.78 is 0. The summed E-state index contributed by atoms with van der Waals surface area (Å²) in [7, 11) is 0. The summed E-state index contributed by atoms with van der Waals surface area (Å²) in [6.07, 6.45) is 5.75. The summed E-state index contributed by atoms with van der Waals surface area (Å²) in [5.41, 5.74) is 0. The molecule has 2 aliphatic carbocycles. The molecule has 0 amide bonds. The van der Waals surface area contributed by atoms with Crippen LogP contribution < -0.4 is 5.32 Å². The molecular weight excluding hydrogens is 214 g/mol. The lowest BCUT2D eigenvalue weighted by molar-refractivity contribution is 0.412. The van der Waals surface area contributed by atoms with Gasteiger partial charge in [-0.05, 0) is 55.0 Å². The molecule has 16 heavy (non-hydrogen) atoms. The molecule has 2 fully saturated rings. The Bertz CT molecular complexity index is 323. The van der Waals surface area contributed by atoms with Crippen molar-refractivity contribution in [2.75, 3.05) is 6.54 Å². The molecule has 3 rings (SSSR count). The van der Waals surface area contributed by atoms with Gasteiger partial charge in [0.15, 0.2) is 0 Å². The molecule has 0 spiro atoms. The second kappa shape index (κ2) is 4.50. The van der Waals surface area contributed by atoms with Crippen molar-refractivity contribution < 1.29 is 0 Å². The number of fused-ring (bicyclic) bond motifs is 1. The highest BCUT2D eigenvalue weighted by Gasteiger charge is 2.55. The molecule has 88 valence electrons. The third-order valence-corrected chi connectivity index (χ3v) is 5.30. The molecular formula is C14H21NS. The van der Waals surface area contributed by atoms with Crippen LogP contribution in [0.1, 0.15) is 31.1 Å².